The van der Waals surface area contributed by atoms with Crippen LogP contribution in [-0.2, 0) is 4.79 Å². The van der Waals surface area contributed by atoms with Crippen LogP contribution in [0.25, 0.3) is 0 Å². The standard InChI is InChI=1S/C14H17NO2/c1-3-5-6-11-14(16)15-12-9-7-8-10-13(12)17-4-2/h3,5-11H,4H2,1-2H3,(H,15,16). The molecule has 0 spiro atoms. The first-order valence-electron chi connectivity index (χ1n) is 5.60. The molecule has 0 aliphatic rings. The van der Waals surface area contributed by atoms with Crippen molar-refractivity contribution in [2.75, 3.05) is 11.9 Å². The number of allylic oxidation sites excluding steroid dienone is 3. The van der Waals surface area contributed by atoms with Crippen molar-refractivity contribution in [1.82, 2.24) is 0 Å². The molecule has 0 saturated heterocycles. The predicted molar refractivity (Wildman–Crippen MR) is 70.2 cm³/mol. The Bertz CT molecular complexity index is 422. The van der Waals surface area contributed by atoms with Crippen molar-refractivity contribution in [3.8, 4) is 5.75 Å². The third-order valence-corrected chi connectivity index (χ3v) is 2.00. The summed E-state index contributed by atoms with van der Waals surface area (Å²) >= 11 is 0. The van der Waals surface area contributed by atoms with Crippen LogP contribution in [0.4, 0.5) is 5.69 Å². The number of benzene rings is 1. The van der Waals surface area contributed by atoms with Gasteiger partial charge in [-0.2, -0.15) is 0 Å². The van der Waals surface area contributed by atoms with Gasteiger partial charge in [0, 0.05) is 6.08 Å². The Kier molecular flexibility index (Phi) is 5.58. The molecular formula is C14H17NO2. The van der Waals surface area contributed by atoms with Crippen molar-refractivity contribution in [3.05, 3.63) is 48.6 Å². The highest BCUT2D eigenvalue weighted by Gasteiger charge is 2.03. The molecule has 1 aromatic carbocycles. The Morgan fingerprint density at radius 3 is 2.82 bits per heavy atom. The number of para-hydroxylation sites is 2. The normalized spacial score (nSPS) is 10.9. The van der Waals surface area contributed by atoms with E-state index in [0.29, 0.717) is 18.0 Å². The minimum Gasteiger partial charge on any atom is -0.492 e. The lowest BCUT2D eigenvalue weighted by molar-refractivity contribution is -0.111. The van der Waals surface area contributed by atoms with Gasteiger partial charge in [-0.25, -0.2) is 0 Å². The molecule has 1 N–H and O–H groups in total. The van der Waals surface area contributed by atoms with Gasteiger partial charge in [0.1, 0.15) is 5.75 Å². The fourth-order valence-electron chi connectivity index (χ4n) is 1.28. The lowest BCUT2D eigenvalue weighted by Gasteiger charge is -2.09. The van der Waals surface area contributed by atoms with E-state index in [1.807, 2.05) is 44.2 Å². The first-order valence-corrected chi connectivity index (χ1v) is 5.60. The Morgan fingerprint density at radius 2 is 2.12 bits per heavy atom. The van der Waals surface area contributed by atoms with Gasteiger partial charge in [0.25, 0.3) is 0 Å². The van der Waals surface area contributed by atoms with Crippen LogP contribution in [0.2, 0.25) is 0 Å². The van der Waals surface area contributed by atoms with Crippen LogP contribution in [0.1, 0.15) is 13.8 Å². The minimum absolute atomic E-state index is 0.171. The number of amides is 1. The topological polar surface area (TPSA) is 38.3 Å². The first kappa shape index (κ1) is 13.0. The molecule has 1 rings (SSSR count). The highest BCUT2D eigenvalue weighted by Crippen LogP contribution is 2.23. The summed E-state index contributed by atoms with van der Waals surface area (Å²) in [6.07, 6.45) is 6.83. The van der Waals surface area contributed by atoms with Gasteiger partial charge in [0.05, 0.1) is 12.3 Å². The number of ether oxygens (including phenoxy) is 1. The number of hydrogen-bond donors (Lipinski definition) is 1. The Balaban J connectivity index is 2.70. The molecule has 0 aliphatic heterocycles. The van der Waals surface area contributed by atoms with Crippen molar-refractivity contribution < 1.29 is 9.53 Å². The van der Waals surface area contributed by atoms with Gasteiger partial charge in [-0.3, -0.25) is 4.79 Å². The number of anilines is 1. The first-order chi connectivity index (χ1) is 8.27. The molecule has 0 bridgehead atoms. The second kappa shape index (κ2) is 7.28. The maximum atomic E-state index is 11.6. The molecule has 0 atom stereocenters. The van der Waals surface area contributed by atoms with Gasteiger partial charge >= 0.3 is 0 Å². The van der Waals surface area contributed by atoms with E-state index in [2.05, 4.69) is 5.32 Å². The van der Waals surface area contributed by atoms with Crippen LogP contribution in [0.3, 0.4) is 0 Å². The van der Waals surface area contributed by atoms with E-state index in [1.54, 1.807) is 12.2 Å². The second-order valence-electron chi connectivity index (χ2n) is 3.30. The van der Waals surface area contributed by atoms with E-state index in [9.17, 15) is 4.79 Å². The zero-order valence-electron chi connectivity index (χ0n) is 10.1. The van der Waals surface area contributed by atoms with E-state index >= 15 is 0 Å². The van der Waals surface area contributed by atoms with E-state index in [4.69, 9.17) is 4.74 Å². The van der Waals surface area contributed by atoms with E-state index in [0.717, 1.165) is 0 Å². The highest BCUT2D eigenvalue weighted by molar-refractivity contribution is 6.00. The molecule has 0 radical (unpaired) electrons. The van der Waals surface area contributed by atoms with E-state index < -0.39 is 0 Å². The molecule has 3 nitrogen and oxygen atoms in total. The predicted octanol–water partition coefficient (Wildman–Crippen LogP) is 3.16. The molecule has 3 heteroatoms. The zero-order chi connectivity index (χ0) is 12.5. The maximum absolute atomic E-state index is 11.6. The summed E-state index contributed by atoms with van der Waals surface area (Å²) in [6.45, 7) is 4.37. The van der Waals surface area contributed by atoms with Gasteiger partial charge in [0.15, 0.2) is 0 Å². The van der Waals surface area contributed by atoms with Crippen molar-refractivity contribution in [3.63, 3.8) is 0 Å². The van der Waals surface area contributed by atoms with Crippen molar-refractivity contribution >= 4 is 11.6 Å². The largest absolute Gasteiger partial charge is 0.492 e. The van der Waals surface area contributed by atoms with Crippen LogP contribution in [0, 0.1) is 0 Å². The van der Waals surface area contributed by atoms with E-state index in [1.165, 1.54) is 6.08 Å². The fraction of sp³-hybridized carbons (Fsp3) is 0.214. The molecule has 17 heavy (non-hydrogen) atoms. The molecule has 0 unspecified atom stereocenters. The highest BCUT2D eigenvalue weighted by atomic mass is 16.5. The summed E-state index contributed by atoms with van der Waals surface area (Å²) in [5.41, 5.74) is 0.685. The van der Waals surface area contributed by atoms with Crippen LogP contribution in [-0.4, -0.2) is 12.5 Å². The van der Waals surface area contributed by atoms with Crippen molar-refractivity contribution in [2.45, 2.75) is 13.8 Å². The number of nitrogens with one attached hydrogen (secondary N) is 1. The molecule has 0 aliphatic carbocycles. The SMILES string of the molecule is CC=CC=CC(=O)Nc1ccccc1OCC. The van der Waals surface area contributed by atoms with Gasteiger partial charge in [-0.05, 0) is 26.0 Å². The molecule has 0 aromatic heterocycles. The molecule has 1 aromatic rings. The molecule has 1 amide bonds. The average Bonchev–Trinajstić information content (AvgIpc) is 2.32. The lowest BCUT2D eigenvalue weighted by atomic mass is 10.3. The number of carbonyl (C=O) groups is 1. The number of hydrogen-bond acceptors (Lipinski definition) is 2. The summed E-state index contributed by atoms with van der Waals surface area (Å²) in [4.78, 5) is 11.6. The second-order valence-corrected chi connectivity index (χ2v) is 3.30. The monoisotopic (exact) mass is 231 g/mol. The maximum Gasteiger partial charge on any atom is 0.248 e. The number of carbonyl (C=O) groups excluding carboxylic acids is 1. The zero-order valence-corrected chi connectivity index (χ0v) is 10.1. The molecular weight excluding hydrogens is 214 g/mol. The van der Waals surface area contributed by atoms with Gasteiger partial charge in [-0.1, -0.05) is 30.4 Å². The van der Waals surface area contributed by atoms with Gasteiger partial charge in [0.2, 0.25) is 5.91 Å². The van der Waals surface area contributed by atoms with E-state index in [-0.39, 0.29) is 5.91 Å². The smallest absolute Gasteiger partial charge is 0.248 e. The van der Waals surface area contributed by atoms with Crippen molar-refractivity contribution in [2.24, 2.45) is 0 Å². The minimum atomic E-state index is -0.171. The van der Waals surface area contributed by atoms with Gasteiger partial charge in [-0.15, -0.1) is 0 Å². The Labute approximate surface area is 102 Å². The van der Waals surface area contributed by atoms with Gasteiger partial charge < -0.3 is 10.1 Å². The Morgan fingerprint density at radius 1 is 1.35 bits per heavy atom. The van der Waals surface area contributed by atoms with Crippen LogP contribution >= 0.6 is 0 Å². The summed E-state index contributed by atoms with van der Waals surface area (Å²) < 4.78 is 5.41. The Hall–Kier alpha value is -2.03. The summed E-state index contributed by atoms with van der Waals surface area (Å²) in [5.74, 6) is 0.512. The summed E-state index contributed by atoms with van der Waals surface area (Å²) in [7, 11) is 0. The molecule has 0 fully saturated rings. The summed E-state index contributed by atoms with van der Waals surface area (Å²) in [6, 6.07) is 7.37. The number of rotatable bonds is 5. The van der Waals surface area contributed by atoms with Crippen molar-refractivity contribution in [1.29, 1.82) is 0 Å². The molecule has 90 valence electrons. The van der Waals surface area contributed by atoms with Crippen LogP contribution in [0.15, 0.2) is 48.6 Å². The quantitative estimate of drug-likeness (QED) is 0.624. The van der Waals surface area contributed by atoms with Crippen LogP contribution < -0.4 is 10.1 Å². The third kappa shape index (κ3) is 4.55. The lowest BCUT2D eigenvalue weighted by Crippen LogP contribution is -2.09. The third-order valence-electron chi connectivity index (χ3n) is 2.00. The molecule has 0 saturated carbocycles. The fourth-order valence-corrected chi connectivity index (χ4v) is 1.28. The summed E-state index contributed by atoms with van der Waals surface area (Å²) in [5, 5.41) is 2.77. The molecule has 0 heterocycles. The van der Waals surface area contributed by atoms with Crippen LogP contribution in [0.5, 0.6) is 5.75 Å². The average molecular weight is 231 g/mol.